The Kier molecular flexibility index (Phi) is 7.78. The van der Waals surface area contributed by atoms with Crippen molar-refractivity contribution in [3.05, 3.63) is 36.2 Å². The first-order chi connectivity index (χ1) is 19.8. The van der Waals surface area contributed by atoms with Gasteiger partial charge in [0.2, 0.25) is 11.9 Å². The fourth-order valence-corrected chi connectivity index (χ4v) is 6.31. The molecule has 0 unspecified atom stereocenters. The molecule has 1 atom stereocenters. The summed E-state index contributed by atoms with van der Waals surface area (Å²) in [4.78, 5) is 33.4. The summed E-state index contributed by atoms with van der Waals surface area (Å²) in [6, 6.07) is 8.13. The number of hydrogen-bond acceptors (Lipinski definition) is 8. The highest BCUT2D eigenvalue weighted by atomic mass is 19.3. The lowest BCUT2D eigenvalue weighted by Crippen LogP contribution is -2.50. The van der Waals surface area contributed by atoms with Gasteiger partial charge in [-0.2, -0.15) is 9.97 Å². The molecule has 0 bridgehead atoms. The van der Waals surface area contributed by atoms with E-state index in [1.54, 1.807) is 30.3 Å². The molecule has 6 rings (SSSR count). The topological polar surface area (TPSA) is 91.6 Å². The predicted octanol–water partition coefficient (Wildman–Crippen LogP) is 3.72. The van der Waals surface area contributed by atoms with Gasteiger partial charge < -0.3 is 24.8 Å². The molecule has 3 fully saturated rings. The number of anilines is 2. The van der Waals surface area contributed by atoms with Crippen LogP contribution in [0, 0.1) is 5.41 Å². The molecule has 5 heterocycles. The minimum atomic E-state index is -2.80. The van der Waals surface area contributed by atoms with Crippen LogP contribution in [0.5, 0.6) is 0 Å². The average molecular weight is 569 g/mol. The van der Waals surface area contributed by atoms with Gasteiger partial charge in [0.15, 0.2) is 5.82 Å². The Labute approximate surface area is 238 Å². The second kappa shape index (κ2) is 11.5. The normalized spacial score (nSPS) is 20.6. The van der Waals surface area contributed by atoms with E-state index in [0.717, 1.165) is 39.0 Å². The lowest BCUT2D eigenvalue weighted by molar-refractivity contribution is -0.134. The Hall–Kier alpha value is -3.38. The molecule has 10 nitrogen and oxygen atoms in total. The molecule has 0 radical (unpaired) electrons. The van der Waals surface area contributed by atoms with Crippen LogP contribution in [0.1, 0.15) is 44.9 Å². The minimum Gasteiger partial charge on any atom is -0.378 e. The van der Waals surface area contributed by atoms with Crippen LogP contribution in [0.25, 0.3) is 16.9 Å². The third-order valence-corrected chi connectivity index (χ3v) is 8.94. The van der Waals surface area contributed by atoms with Crippen LogP contribution < -0.4 is 10.2 Å². The van der Waals surface area contributed by atoms with E-state index in [1.165, 1.54) is 17.4 Å². The van der Waals surface area contributed by atoms with Crippen molar-refractivity contribution in [2.24, 2.45) is 5.41 Å². The summed E-state index contributed by atoms with van der Waals surface area (Å²) in [6.45, 7) is 7.84. The first-order valence-corrected chi connectivity index (χ1v) is 14.5. The number of morpholine rings is 1. The van der Waals surface area contributed by atoms with Gasteiger partial charge in [0.25, 0.3) is 6.43 Å². The number of fused-ring (bicyclic) bond motifs is 1. The molecular weight excluding hydrogens is 530 g/mol. The Morgan fingerprint density at radius 2 is 1.61 bits per heavy atom. The number of nitrogens with one attached hydrogen (secondary N) is 1. The molecule has 3 saturated heterocycles. The van der Waals surface area contributed by atoms with E-state index in [-0.39, 0.29) is 23.5 Å². The van der Waals surface area contributed by atoms with Gasteiger partial charge in [0, 0.05) is 32.2 Å². The highest BCUT2D eigenvalue weighted by Gasteiger charge is 2.38. The van der Waals surface area contributed by atoms with Gasteiger partial charge in [-0.25, -0.2) is 13.8 Å². The van der Waals surface area contributed by atoms with Gasteiger partial charge in [0.1, 0.15) is 17.7 Å². The molecule has 1 spiro atoms. The van der Waals surface area contributed by atoms with Gasteiger partial charge in [0.05, 0.1) is 24.2 Å². The molecule has 3 aliphatic rings. The first kappa shape index (κ1) is 27.8. The number of nitrogens with zero attached hydrogens (tertiary/aromatic N) is 7. The second-order valence-corrected chi connectivity index (χ2v) is 11.6. The van der Waals surface area contributed by atoms with Gasteiger partial charge >= 0.3 is 0 Å². The van der Waals surface area contributed by atoms with E-state index in [2.05, 4.69) is 27.2 Å². The van der Waals surface area contributed by atoms with Gasteiger partial charge in [-0.1, -0.05) is 12.1 Å². The zero-order valence-corrected chi connectivity index (χ0v) is 23.7. The summed E-state index contributed by atoms with van der Waals surface area (Å²) in [7, 11) is 2.17. The summed E-state index contributed by atoms with van der Waals surface area (Å²) in [6.07, 6.45) is 1.63. The number of likely N-dealkylation sites (tertiary alicyclic amines) is 2. The van der Waals surface area contributed by atoms with E-state index in [1.807, 2.05) is 16.7 Å². The van der Waals surface area contributed by atoms with Crippen LogP contribution in [0.2, 0.25) is 0 Å². The SMILES string of the molecule is C[C@H](Nc1nc(N2CCOCC2)cc(-n2c(C(F)F)nc3ccccc32)n1)C(=O)N1CCC2(CCN(C)CC2)CC1. The van der Waals surface area contributed by atoms with Crippen LogP contribution in [0.3, 0.4) is 0 Å². The third kappa shape index (κ3) is 5.72. The minimum absolute atomic E-state index is 0.00365. The van der Waals surface area contributed by atoms with E-state index in [9.17, 15) is 13.6 Å². The van der Waals surface area contributed by atoms with Crippen LogP contribution in [-0.2, 0) is 9.53 Å². The predicted molar refractivity (Wildman–Crippen MR) is 153 cm³/mol. The van der Waals surface area contributed by atoms with E-state index in [0.29, 0.717) is 48.6 Å². The second-order valence-electron chi connectivity index (χ2n) is 11.6. The Morgan fingerprint density at radius 1 is 0.951 bits per heavy atom. The number of rotatable bonds is 6. The van der Waals surface area contributed by atoms with Crippen LogP contribution in [0.15, 0.2) is 30.3 Å². The number of amides is 1. The maximum absolute atomic E-state index is 14.2. The van der Waals surface area contributed by atoms with Gasteiger partial charge in [-0.3, -0.25) is 9.36 Å². The molecule has 3 aromatic rings. The van der Waals surface area contributed by atoms with Crippen LogP contribution in [-0.4, -0.2) is 101 Å². The number of halogens is 2. The van der Waals surface area contributed by atoms with Crippen molar-refractivity contribution in [3.8, 4) is 5.82 Å². The Bertz CT molecular complexity index is 1370. The van der Waals surface area contributed by atoms with Crippen LogP contribution in [0.4, 0.5) is 20.5 Å². The number of hydrogen-bond donors (Lipinski definition) is 1. The molecule has 220 valence electrons. The van der Waals surface area contributed by atoms with E-state index < -0.39 is 12.5 Å². The quantitative estimate of drug-likeness (QED) is 0.481. The van der Waals surface area contributed by atoms with E-state index >= 15 is 0 Å². The maximum Gasteiger partial charge on any atom is 0.296 e. The highest BCUT2D eigenvalue weighted by Crippen LogP contribution is 2.41. The summed E-state index contributed by atoms with van der Waals surface area (Å²) in [5.74, 6) is 0.683. The van der Waals surface area contributed by atoms with Crippen LogP contribution >= 0.6 is 0 Å². The molecule has 0 aliphatic carbocycles. The fourth-order valence-electron chi connectivity index (χ4n) is 6.31. The Morgan fingerprint density at radius 3 is 2.32 bits per heavy atom. The number of carbonyl (C=O) groups excluding carboxylic acids is 1. The summed E-state index contributed by atoms with van der Waals surface area (Å²) >= 11 is 0. The lowest BCUT2D eigenvalue weighted by atomic mass is 9.71. The van der Waals surface area contributed by atoms with E-state index in [4.69, 9.17) is 9.72 Å². The number of benzene rings is 1. The Balaban J connectivity index is 1.26. The zero-order chi connectivity index (χ0) is 28.6. The molecule has 2 aromatic heterocycles. The number of alkyl halides is 2. The largest absolute Gasteiger partial charge is 0.378 e. The number of piperidine rings is 2. The standard InChI is InChI=1S/C29H38F2N8O2/c1-20(27(40)38-13-9-29(10-14-38)7-11-36(2)12-8-29)32-28-34-23(37-15-17-41-18-16-37)19-24(35-28)39-22-6-4-3-5-21(22)33-26(39)25(30)31/h3-6,19-20,25H,7-18H2,1-2H3,(H,32,34,35)/t20-/m0/s1. The lowest BCUT2D eigenvalue weighted by Gasteiger charge is -2.46. The molecule has 41 heavy (non-hydrogen) atoms. The first-order valence-electron chi connectivity index (χ1n) is 14.5. The van der Waals surface area contributed by atoms with Crippen molar-refractivity contribution in [1.29, 1.82) is 0 Å². The maximum atomic E-state index is 14.2. The number of aromatic nitrogens is 4. The zero-order valence-electron chi connectivity index (χ0n) is 23.7. The molecule has 0 saturated carbocycles. The van der Waals surface area contributed by atoms with Gasteiger partial charge in [-0.05, 0) is 70.3 Å². The molecule has 3 aliphatic heterocycles. The molecular formula is C29H38F2N8O2. The molecule has 1 aromatic carbocycles. The smallest absolute Gasteiger partial charge is 0.296 e. The van der Waals surface area contributed by atoms with Crippen molar-refractivity contribution in [2.45, 2.75) is 45.1 Å². The molecule has 12 heteroatoms. The summed E-state index contributed by atoms with van der Waals surface area (Å²) in [5.41, 5.74) is 1.33. The van der Waals surface area contributed by atoms with Crippen molar-refractivity contribution in [2.75, 3.05) is 69.7 Å². The van der Waals surface area contributed by atoms with Gasteiger partial charge in [-0.15, -0.1) is 0 Å². The number of carbonyl (C=O) groups is 1. The van der Waals surface area contributed by atoms with Crippen molar-refractivity contribution < 1.29 is 18.3 Å². The number of ether oxygens (including phenoxy) is 1. The van der Waals surface area contributed by atoms with Crippen molar-refractivity contribution in [1.82, 2.24) is 29.3 Å². The monoisotopic (exact) mass is 568 g/mol. The third-order valence-electron chi connectivity index (χ3n) is 8.94. The molecule has 1 amide bonds. The molecule has 1 N–H and O–H groups in total. The van der Waals surface area contributed by atoms with Crippen molar-refractivity contribution in [3.63, 3.8) is 0 Å². The number of para-hydroxylation sites is 2. The highest BCUT2D eigenvalue weighted by molar-refractivity contribution is 5.84. The average Bonchev–Trinajstić information content (AvgIpc) is 3.39. The summed E-state index contributed by atoms with van der Waals surface area (Å²) < 4.78 is 35.2. The number of imidazole rings is 1. The summed E-state index contributed by atoms with van der Waals surface area (Å²) in [5, 5.41) is 3.20. The fraction of sp³-hybridized carbons (Fsp3) is 0.586. The van der Waals surface area contributed by atoms with Crippen molar-refractivity contribution >= 4 is 28.7 Å².